The lowest BCUT2D eigenvalue weighted by Crippen LogP contribution is -2.49. The topological polar surface area (TPSA) is 186 Å². The lowest BCUT2D eigenvalue weighted by molar-refractivity contribution is -0.161. The Morgan fingerprint density at radius 1 is 0.577 bits per heavy atom. The maximum Gasteiger partial charge on any atom is 0.356 e. The number of nitrogens with zero attached hydrogens (tertiary/aromatic N) is 1. The molecule has 0 saturated carbocycles. The Balaban J connectivity index is 2.52. The lowest BCUT2D eigenvalue weighted by atomic mass is 10.1. The highest BCUT2D eigenvalue weighted by atomic mass is 31.2. The molecule has 0 aromatic rings. The van der Waals surface area contributed by atoms with Crippen molar-refractivity contribution in [1.82, 2.24) is 4.90 Å². The van der Waals surface area contributed by atoms with E-state index < -0.39 is 69.3 Å². The molecule has 1 heterocycles. The van der Waals surface area contributed by atoms with Crippen molar-refractivity contribution < 1.29 is 57.6 Å². The fraction of sp³-hybridized carbons (Fsp3) is 0.789. The number of carbonyl (C=O) groups is 4. The molecule has 14 heteroatoms. The van der Waals surface area contributed by atoms with Gasteiger partial charge in [0.2, 0.25) is 5.78 Å². The monoisotopic (exact) mass is 1010 g/mol. The first-order valence-electron chi connectivity index (χ1n) is 27.6. The van der Waals surface area contributed by atoms with Gasteiger partial charge in [-0.2, -0.15) is 0 Å². The number of ether oxygens (including phenoxy) is 3. The Morgan fingerprint density at radius 3 is 1.35 bits per heavy atom. The van der Waals surface area contributed by atoms with Crippen LogP contribution in [0.4, 0.5) is 0 Å². The fourth-order valence-electron chi connectivity index (χ4n) is 8.17. The summed E-state index contributed by atoms with van der Waals surface area (Å²) < 4.78 is 35.2. The minimum Gasteiger partial charge on any atom is -0.480 e. The molecule has 13 nitrogen and oxygen atoms in total. The van der Waals surface area contributed by atoms with Crippen molar-refractivity contribution in [2.75, 3.05) is 26.4 Å². The minimum atomic E-state index is -5.15. The van der Waals surface area contributed by atoms with E-state index >= 15 is 0 Å². The van der Waals surface area contributed by atoms with Crippen LogP contribution in [-0.2, 0) is 42.5 Å². The Kier molecular flexibility index (Phi) is 42.3. The first-order valence-corrected chi connectivity index (χ1v) is 29.2. The van der Waals surface area contributed by atoms with Crippen LogP contribution in [0.1, 0.15) is 245 Å². The van der Waals surface area contributed by atoms with Gasteiger partial charge in [-0.05, 0) is 75.0 Å². The largest absolute Gasteiger partial charge is 0.480 e. The minimum absolute atomic E-state index is 0.0492. The zero-order chi connectivity index (χ0) is 51.9. The maximum atomic E-state index is 13.5. The zero-order valence-electron chi connectivity index (χ0n) is 43.9. The number of esters is 2. The fourth-order valence-corrected chi connectivity index (χ4v) is 9.58. The molecule has 0 bridgehead atoms. The van der Waals surface area contributed by atoms with Gasteiger partial charge in [0.25, 0.3) is 0 Å². The van der Waals surface area contributed by atoms with Gasteiger partial charge in [-0.1, -0.05) is 179 Å². The van der Waals surface area contributed by atoms with E-state index in [4.69, 9.17) is 18.7 Å². The number of aliphatic carboxylic acids is 2. The molecule has 1 rings (SSSR count). The molecular weight excluding hydrogens is 922 g/mol. The molecule has 4 atom stereocenters. The maximum absolute atomic E-state index is 13.5. The van der Waals surface area contributed by atoms with Crippen LogP contribution >= 0.6 is 7.60 Å². The van der Waals surface area contributed by atoms with Crippen LogP contribution in [0.25, 0.3) is 0 Å². The summed E-state index contributed by atoms with van der Waals surface area (Å²) in [5.74, 6) is 17.8. The average Bonchev–Trinajstić information content (AvgIpc) is 3.88. The van der Waals surface area contributed by atoms with E-state index in [0.29, 0.717) is 19.3 Å². The van der Waals surface area contributed by atoms with Gasteiger partial charge in [0, 0.05) is 45.1 Å². The number of carboxylic acids is 2. The molecule has 1 aliphatic rings. The Morgan fingerprint density at radius 2 is 0.972 bits per heavy atom. The number of hydrogen-bond donors (Lipinski definition) is 3. The lowest BCUT2D eigenvalue weighted by Gasteiger charge is -2.33. The molecule has 0 amide bonds. The van der Waals surface area contributed by atoms with Crippen molar-refractivity contribution in [3.05, 3.63) is 0 Å². The smallest absolute Gasteiger partial charge is 0.356 e. The predicted octanol–water partition coefficient (Wildman–Crippen LogP) is 12.9. The summed E-state index contributed by atoms with van der Waals surface area (Å²) in [5, 5.41) is 19.5. The average molecular weight is 1010 g/mol. The van der Waals surface area contributed by atoms with E-state index in [9.17, 15) is 38.8 Å². The van der Waals surface area contributed by atoms with E-state index in [2.05, 4.69) is 61.2 Å². The second-order valence-electron chi connectivity index (χ2n) is 18.8. The molecular formula is C57H92NO12P. The van der Waals surface area contributed by atoms with Crippen LogP contribution in [0.15, 0.2) is 0 Å². The Hall–Kier alpha value is -3.81. The van der Waals surface area contributed by atoms with Crippen molar-refractivity contribution in [2.24, 2.45) is 0 Å². The summed E-state index contributed by atoms with van der Waals surface area (Å²) in [5.41, 5.74) is 0. The van der Waals surface area contributed by atoms with Crippen LogP contribution < -0.4 is 0 Å². The summed E-state index contributed by atoms with van der Waals surface area (Å²) in [6, 6.07) is 0. The van der Waals surface area contributed by atoms with Crippen LogP contribution in [0.2, 0.25) is 0 Å². The first kappa shape index (κ1) is 65.2. The van der Waals surface area contributed by atoms with Gasteiger partial charge in [0.05, 0.1) is 6.61 Å². The molecule has 3 unspecified atom stereocenters. The standard InChI is InChI=1S/C57H92NO12P/c1-3-5-7-9-11-13-15-17-19-21-23-25-27-29-31-33-35-37-39-41-45-54(61)68-49-51(50-69-71(65,66)56(57(63)64)58(48-53(59)60)52-44-43-47-67-52)70-55(62)46-42-40-38-36-34-32-30-28-26-24-22-20-18-16-14-12-10-8-6-4-2/h51-52,56H,3-20,29-50H2,1-2H3,(H,59,60)(H,63,64)(H,65,66)/t51-,52?,56?/m1/s1. The van der Waals surface area contributed by atoms with Crippen molar-refractivity contribution in [3.63, 3.8) is 0 Å². The predicted molar refractivity (Wildman–Crippen MR) is 281 cm³/mol. The van der Waals surface area contributed by atoms with Crippen LogP contribution in [-0.4, -0.2) is 88.4 Å². The summed E-state index contributed by atoms with van der Waals surface area (Å²) in [7, 11) is -5.15. The highest BCUT2D eigenvalue weighted by molar-refractivity contribution is 7.54. The normalized spacial score (nSPS) is 14.6. The Bertz CT molecular complexity index is 1730. The van der Waals surface area contributed by atoms with Gasteiger partial charge < -0.3 is 33.8 Å². The van der Waals surface area contributed by atoms with E-state index in [1.54, 1.807) is 0 Å². The number of hydrogen-bond acceptors (Lipinski definition) is 10. The first-order chi connectivity index (χ1) is 34.5. The number of carbonyl (C=O) groups excluding carboxylic acids is 2. The van der Waals surface area contributed by atoms with Crippen molar-refractivity contribution in [1.29, 1.82) is 0 Å². The highest BCUT2D eigenvalue weighted by Gasteiger charge is 2.48. The van der Waals surface area contributed by atoms with Crippen LogP contribution in [0.5, 0.6) is 0 Å². The second kappa shape index (κ2) is 46.0. The van der Waals surface area contributed by atoms with E-state index in [1.165, 1.54) is 89.9 Å². The Labute approximate surface area is 429 Å². The summed E-state index contributed by atoms with van der Waals surface area (Å²) in [4.78, 5) is 61.4. The third-order valence-corrected chi connectivity index (χ3v) is 13.9. The molecule has 3 N–H and O–H groups in total. The highest BCUT2D eigenvalue weighted by Crippen LogP contribution is 2.50. The van der Waals surface area contributed by atoms with Gasteiger partial charge in [-0.15, -0.1) is 0 Å². The molecule has 71 heavy (non-hydrogen) atoms. The third-order valence-electron chi connectivity index (χ3n) is 12.3. The van der Waals surface area contributed by atoms with Gasteiger partial charge >= 0.3 is 31.5 Å². The van der Waals surface area contributed by atoms with Crippen molar-refractivity contribution in [2.45, 2.75) is 263 Å². The molecule has 0 radical (unpaired) electrons. The molecule has 402 valence electrons. The third kappa shape index (κ3) is 38.5. The quantitative estimate of drug-likeness (QED) is 0.0227. The summed E-state index contributed by atoms with van der Waals surface area (Å²) in [6.07, 6.45) is 33.1. The van der Waals surface area contributed by atoms with Crippen LogP contribution in [0, 0.1) is 47.4 Å². The van der Waals surface area contributed by atoms with E-state index in [0.717, 1.165) is 108 Å². The number of carboxylic acid groups (broad SMARTS) is 2. The number of unbranched alkanes of at least 4 members (excludes halogenated alkanes) is 28. The molecule has 1 fully saturated rings. The van der Waals surface area contributed by atoms with Crippen LogP contribution in [0.3, 0.4) is 0 Å². The molecule has 0 spiro atoms. The molecule has 0 aliphatic carbocycles. The second-order valence-corrected chi connectivity index (χ2v) is 20.7. The van der Waals surface area contributed by atoms with E-state index in [-0.39, 0.29) is 25.9 Å². The number of rotatable bonds is 44. The molecule has 1 saturated heterocycles. The zero-order valence-corrected chi connectivity index (χ0v) is 44.8. The van der Waals surface area contributed by atoms with Gasteiger partial charge in [-0.25, -0.2) is 9.69 Å². The van der Waals surface area contributed by atoms with Gasteiger partial charge in [0.1, 0.15) is 19.4 Å². The van der Waals surface area contributed by atoms with Crippen molar-refractivity contribution in [3.8, 4) is 47.4 Å². The van der Waals surface area contributed by atoms with Gasteiger partial charge in [-0.3, -0.25) is 18.9 Å². The SMILES string of the molecule is CCCCCCCCCCC#CC#CCCCCCCCCC(=O)OC[C@H](COP(=O)(O)C(C(=O)O)N(CC(=O)O)C1CCCO1)OC(=O)CCCCCCCCC#CC#CCCCCCCCCCC. The van der Waals surface area contributed by atoms with Gasteiger partial charge in [0.15, 0.2) is 6.10 Å². The molecule has 0 aromatic carbocycles. The summed E-state index contributed by atoms with van der Waals surface area (Å²) >= 11 is 0. The molecule has 1 aliphatic heterocycles. The van der Waals surface area contributed by atoms with E-state index in [1.807, 2.05) is 0 Å². The summed E-state index contributed by atoms with van der Waals surface area (Å²) in [6.45, 7) is 2.56. The van der Waals surface area contributed by atoms with Crippen molar-refractivity contribution >= 4 is 31.5 Å². The molecule has 0 aromatic heterocycles.